The van der Waals surface area contributed by atoms with Crippen molar-refractivity contribution in [3.63, 3.8) is 0 Å². The second-order valence-electron chi connectivity index (χ2n) is 11.3. The number of methoxy groups -OCH3 is 2. The van der Waals surface area contributed by atoms with Gasteiger partial charge in [-0.2, -0.15) is 0 Å². The highest BCUT2D eigenvalue weighted by molar-refractivity contribution is 5.76. The van der Waals surface area contributed by atoms with E-state index >= 15 is 0 Å². The number of rotatable bonds is 20. The molecule has 0 radical (unpaired) electrons. The van der Waals surface area contributed by atoms with Gasteiger partial charge in [0.15, 0.2) is 0 Å². The molecule has 1 aliphatic carbocycles. The molecule has 0 spiro atoms. The van der Waals surface area contributed by atoms with Crippen LogP contribution in [-0.4, -0.2) is 51.2 Å². The minimum atomic E-state index is 0.155. The number of benzene rings is 2. The van der Waals surface area contributed by atoms with Crippen LogP contribution in [0, 0.1) is 0 Å². The fourth-order valence-electron chi connectivity index (χ4n) is 5.55. The van der Waals surface area contributed by atoms with Crippen LogP contribution in [0.2, 0.25) is 0 Å². The van der Waals surface area contributed by atoms with Crippen molar-refractivity contribution >= 4 is 11.8 Å². The van der Waals surface area contributed by atoms with Gasteiger partial charge in [0.25, 0.3) is 0 Å². The molecule has 8 heteroatoms. The van der Waals surface area contributed by atoms with Crippen molar-refractivity contribution < 1.29 is 19.1 Å². The van der Waals surface area contributed by atoms with Crippen LogP contribution in [0.1, 0.15) is 88.2 Å². The fraction of sp³-hybridized carbons (Fsp3) is 0.588. The highest BCUT2D eigenvalue weighted by Gasteiger charge is 2.23. The van der Waals surface area contributed by atoms with Gasteiger partial charge in [-0.1, -0.05) is 49.2 Å². The Hall–Kier alpha value is -3.10. The summed E-state index contributed by atoms with van der Waals surface area (Å²) in [6.45, 7) is 3.43. The Morgan fingerprint density at radius 3 is 1.43 bits per heavy atom. The number of amides is 2. The molecule has 3 rings (SSSR count). The zero-order valence-electron chi connectivity index (χ0n) is 25.7. The van der Waals surface area contributed by atoms with E-state index in [1.54, 1.807) is 14.2 Å². The third-order valence-corrected chi connectivity index (χ3v) is 7.99. The molecule has 0 aromatic heterocycles. The van der Waals surface area contributed by atoms with E-state index in [9.17, 15) is 9.59 Å². The van der Waals surface area contributed by atoms with E-state index < -0.39 is 0 Å². The number of carbonyl (C=O) groups is 2. The van der Waals surface area contributed by atoms with Crippen LogP contribution in [0.3, 0.4) is 0 Å². The van der Waals surface area contributed by atoms with E-state index in [-0.39, 0.29) is 23.9 Å². The Morgan fingerprint density at radius 1 is 0.619 bits per heavy atom. The van der Waals surface area contributed by atoms with Crippen molar-refractivity contribution in [2.45, 2.75) is 102 Å². The second-order valence-corrected chi connectivity index (χ2v) is 11.3. The first-order valence-corrected chi connectivity index (χ1v) is 15.8. The minimum absolute atomic E-state index is 0.155. The number of unbranched alkanes of at least 4 members (excludes halogenated alkanes) is 4. The summed E-state index contributed by atoms with van der Waals surface area (Å²) >= 11 is 0. The molecule has 2 aromatic carbocycles. The Labute approximate surface area is 252 Å². The first kappa shape index (κ1) is 33.4. The van der Waals surface area contributed by atoms with Crippen molar-refractivity contribution in [1.82, 2.24) is 21.3 Å². The van der Waals surface area contributed by atoms with Crippen LogP contribution in [0.25, 0.3) is 0 Å². The van der Waals surface area contributed by atoms with Crippen LogP contribution in [0.15, 0.2) is 48.5 Å². The molecule has 1 fully saturated rings. The number of hydrogen-bond acceptors (Lipinski definition) is 6. The van der Waals surface area contributed by atoms with Gasteiger partial charge in [0, 0.05) is 49.1 Å². The number of carbonyl (C=O) groups excluding carboxylic acids is 2. The molecule has 0 atom stereocenters. The lowest BCUT2D eigenvalue weighted by atomic mass is 9.91. The van der Waals surface area contributed by atoms with Gasteiger partial charge in [-0.05, 0) is 76.6 Å². The molecule has 42 heavy (non-hydrogen) atoms. The molecule has 1 saturated carbocycles. The molecule has 0 saturated heterocycles. The van der Waals surface area contributed by atoms with Gasteiger partial charge in [-0.15, -0.1) is 0 Å². The van der Waals surface area contributed by atoms with E-state index in [4.69, 9.17) is 9.47 Å². The summed E-state index contributed by atoms with van der Waals surface area (Å²) in [6.07, 6.45) is 10.9. The lowest BCUT2D eigenvalue weighted by Crippen LogP contribution is -2.43. The standard InChI is InChI=1S/C34H52N4O4/c1-41-31-15-9-7-13-27(31)25-35-23-11-3-5-17-33(39)37-29-19-21-30(22-20-29)38-34(40)18-6-4-12-24-36-26-28-14-8-10-16-32(28)42-2/h7-10,13-16,29-30,35-36H,3-6,11-12,17-26H2,1-2H3,(H,37,39)(H,38,40). The zero-order valence-corrected chi connectivity index (χ0v) is 25.7. The highest BCUT2D eigenvalue weighted by atomic mass is 16.5. The maximum absolute atomic E-state index is 12.4. The first-order chi connectivity index (χ1) is 20.6. The van der Waals surface area contributed by atoms with Gasteiger partial charge in [-0.25, -0.2) is 0 Å². The summed E-state index contributed by atoms with van der Waals surface area (Å²) < 4.78 is 10.8. The van der Waals surface area contributed by atoms with Gasteiger partial charge in [0.2, 0.25) is 11.8 Å². The van der Waals surface area contributed by atoms with E-state index in [1.165, 1.54) is 0 Å². The van der Waals surface area contributed by atoms with Crippen molar-refractivity contribution in [2.75, 3.05) is 27.3 Å². The number of ether oxygens (including phenoxy) is 2. The number of nitrogens with one attached hydrogen (secondary N) is 4. The van der Waals surface area contributed by atoms with Gasteiger partial charge in [0.1, 0.15) is 11.5 Å². The summed E-state index contributed by atoms with van der Waals surface area (Å²) in [6, 6.07) is 16.6. The Morgan fingerprint density at radius 2 is 1.02 bits per heavy atom. The number of para-hydroxylation sites is 2. The second kappa shape index (κ2) is 19.9. The van der Waals surface area contributed by atoms with Crippen LogP contribution in [0.5, 0.6) is 11.5 Å². The molecule has 2 aromatic rings. The molecule has 0 bridgehead atoms. The Kier molecular flexibility index (Phi) is 15.8. The zero-order chi connectivity index (χ0) is 29.8. The highest BCUT2D eigenvalue weighted by Crippen LogP contribution is 2.20. The quantitative estimate of drug-likeness (QED) is 0.160. The van der Waals surface area contributed by atoms with Crippen molar-refractivity contribution in [3.05, 3.63) is 59.7 Å². The molecule has 2 amide bonds. The van der Waals surface area contributed by atoms with Crippen molar-refractivity contribution in [2.24, 2.45) is 0 Å². The summed E-state index contributed by atoms with van der Waals surface area (Å²) in [5.41, 5.74) is 2.32. The van der Waals surface area contributed by atoms with Gasteiger partial charge in [0.05, 0.1) is 14.2 Å². The normalized spacial score (nSPS) is 16.5. The third-order valence-electron chi connectivity index (χ3n) is 7.99. The molecule has 4 N–H and O–H groups in total. The smallest absolute Gasteiger partial charge is 0.220 e. The molecular formula is C34H52N4O4. The Balaban J connectivity index is 1.13. The predicted molar refractivity (Wildman–Crippen MR) is 169 cm³/mol. The number of hydrogen-bond donors (Lipinski definition) is 4. The first-order valence-electron chi connectivity index (χ1n) is 15.8. The predicted octanol–water partition coefficient (Wildman–Crippen LogP) is 5.25. The van der Waals surface area contributed by atoms with Crippen LogP contribution in [-0.2, 0) is 22.7 Å². The lowest BCUT2D eigenvalue weighted by Gasteiger charge is -2.29. The topological polar surface area (TPSA) is 101 Å². The molecule has 0 unspecified atom stereocenters. The van der Waals surface area contributed by atoms with Crippen molar-refractivity contribution in [3.8, 4) is 11.5 Å². The molecular weight excluding hydrogens is 528 g/mol. The average Bonchev–Trinajstić information content (AvgIpc) is 3.01. The lowest BCUT2D eigenvalue weighted by molar-refractivity contribution is -0.123. The summed E-state index contributed by atoms with van der Waals surface area (Å²) in [5, 5.41) is 13.3. The summed E-state index contributed by atoms with van der Waals surface area (Å²) in [4.78, 5) is 24.8. The van der Waals surface area contributed by atoms with E-state index in [1.807, 2.05) is 36.4 Å². The van der Waals surface area contributed by atoms with Crippen LogP contribution < -0.4 is 30.7 Å². The molecule has 232 valence electrons. The van der Waals surface area contributed by atoms with Gasteiger partial charge in [-0.3, -0.25) is 9.59 Å². The van der Waals surface area contributed by atoms with Gasteiger partial charge < -0.3 is 30.7 Å². The monoisotopic (exact) mass is 580 g/mol. The van der Waals surface area contributed by atoms with Crippen LogP contribution >= 0.6 is 0 Å². The van der Waals surface area contributed by atoms with Crippen LogP contribution in [0.4, 0.5) is 0 Å². The maximum Gasteiger partial charge on any atom is 0.220 e. The SMILES string of the molecule is COc1ccccc1CNCCCCCC(=O)NC1CCC(NC(=O)CCCCCNCc2ccccc2OC)CC1. The average molecular weight is 581 g/mol. The van der Waals surface area contributed by atoms with Crippen molar-refractivity contribution in [1.29, 1.82) is 0 Å². The van der Waals surface area contributed by atoms with E-state index in [0.717, 1.165) is 113 Å². The molecule has 0 heterocycles. The minimum Gasteiger partial charge on any atom is -0.496 e. The molecule has 0 aliphatic heterocycles. The van der Waals surface area contributed by atoms with Gasteiger partial charge >= 0.3 is 0 Å². The molecule has 1 aliphatic rings. The third kappa shape index (κ3) is 12.8. The summed E-state index contributed by atoms with van der Waals surface area (Å²) in [5.74, 6) is 2.13. The maximum atomic E-state index is 12.4. The summed E-state index contributed by atoms with van der Waals surface area (Å²) in [7, 11) is 3.39. The fourth-order valence-corrected chi connectivity index (χ4v) is 5.55. The largest absolute Gasteiger partial charge is 0.496 e. The Bertz CT molecular complexity index is 972. The van der Waals surface area contributed by atoms with E-state index in [0.29, 0.717) is 12.8 Å². The molecule has 8 nitrogen and oxygen atoms in total. The van der Waals surface area contributed by atoms with E-state index in [2.05, 4.69) is 33.4 Å².